The lowest BCUT2D eigenvalue weighted by Gasteiger charge is -2.32. The number of nitro groups is 1. The summed E-state index contributed by atoms with van der Waals surface area (Å²) in [5, 5.41) is 11.1. The van der Waals surface area contributed by atoms with Gasteiger partial charge in [0, 0.05) is 24.7 Å². The molecule has 0 N–H and O–H groups in total. The second kappa shape index (κ2) is 5.82. The monoisotopic (exact) mass is 262 g/mol. The number of nitro benzene ring substituents is 1. The molecule has 102 valence electrons. The summed E-state index contributed by atoms with van der Waals surface area (Å²) in [6, 6.07) is 4.68. The minimum atomic E-state index is -0.408. The van der Waals surface area contributed by atoms with Crippen molar-refractivity contribution in [2.45, 2.75) is 26.2 Å². The maximum atomic E-state index is 11.1. The molecule has 0 aliphatic carbocycles. The van der Waals surface area contributed by atoms with Crippen LogP contribution in [0.5, 0.6) is 0 Å². The van der Waals surface area contributed by atoms with E-state index in [1.54, 1.807) is 12.1 Å². The van der Waals surface area contributed by atoms with Crippen LogP contribution in [-0.2, 0) is 0 Å². The van der Waals surface area contributed by atoms with Crippen LogP contribution in [0.2, 0.25) is 0 Å². The van der Waals surface area contributed by atoms with Gasteiger partial charge in [0.05, 0.1) is 4.92 Å². The minimum Gasteiger partial charge on any atom is -0.366 e. The fraction of sp³-hybridized carbons (Fsp3) is 0.500. The predicted octanol–water partition coefficient (Wildman–Crippen LogP) is 3.03. The Morgan fingerprint density at radius 2 is 2.11 bits per heavy atom. The summed E-state index contributed by atoms with van der Waals surface area (Å²) in [5.74, 6) is 0.726. The van der Waals surface area contributed by atoms with Gasteiger partial charge >= 0.3 is 0 Å². The Morgan fingerprint density at radius 1 is 1.42 bits per heavy atom. The standard InChI is InChI=1S/C14H18N2O3/c1-2-11-5-7-15(8-6-11)13-4-3-12(10-17)9-14(13)16(18)19/h3-4,9-11H,2,5-8H2,1H3. The van der Waals surface area contributed by atoms with E-state index in [4.69, 9.17) is 0 Å². The zero-order valence-corrected chi connectivity index (χ0v) is 11.0. The number of piperidine rings is 1. The molecule has 5 heteroatoms. The van der Waals surface area contributed by atoms with Crippen LogP contribution in [0.15, 0.2) is 18.2 Å². The summed E-state index contributed by atoms with van der Waals surface area (Å²) in [6.07, 6.45) is 3.95. The fourth-order valence-corrected chi connectivity index (χ4v) is 2.61. The molecule has 19 heavy (non-hydrogen) atoms. The highest BCUT2D eigenvalue weighted by Crippen LogP contribution is 2.32. The van der Waals surface area contributed by atoms with Crippen molar-refractivity contribution in [3.63, 3.8) is 0 Å². The summed E-state index contributed by atoms with van der Waals surface area (Å²) < 4.78 is 0. The quantitative estimate of drug-likeness (QED) is 0.475. The van der Waals surface area contributed by atoms with Gasteiger partial charge in [-0.1, -0.05) is 13.3 Å². The Morgan fingerprint density at radius 3 is 2.63 bits per heavy atom. The Bertz CT molecular complexity index is 480. The van der Waals surface area contributed by atoms with Crippen molar-refractivity contribution < 1.29 is 9.72 Å². The Hall–Kier alpha value is -1.91. The van der Waals surface area contributed by atoms with Crippen LogP contribution in [0.3, 0.4) is 0 Å². The summed E-state index contributed by atoms with van der Waals surface area (Å²) in [4.78, 5) is 23.5. The molecule has 1 fully saturated rings. The molecule has 1 aromatic carbocycles. The maximum absolute atomic E-state index is 11.1. The van der Waals surface area contributed by atoms with E-state index in [2.05, 4.69) is 11.8 Å². The molecule has 5 nitrogen and oxygen atoms in total. The molecule has 1 aliphatic heterocycles. The Balaban J connectivity index is 2.24. The van der Waals surface area contributed by atoms with Crippen LogP contribution in [0.25, 0.3) is 0 Å². The first-order chi connectivity index (χ1) is 9.15. The molecule has 0 saturated carbocycles. The van der Waals surface area contributed by atoms with Crippen LogP contribution in [0.4, 0.5) is 11.4 Å². The van der Waals surface area contributed by atoms with E-state index in [-0.39, 0.29) is 5.69 Å². The van der Waals surface area contributed by atoms with Crippen LogP contribution >= 0.6 is 0 Å². The van der Waals surface area contributed by atoms with Crippen molar-refractivity contribution in [2.24, 2.45) is 5.92 Å². The van der Waals surface area contributed by atoms with E-state index in [1.165, 1.54) is 12.5 Å². The van der Waals surface area contributed by atoms with Crippen LogP contribution < -0.4 is 4.90 Å². The SMILES string of the molecule is CCC1CCN(c2ccc(C=O)cc2[N+](=O)[O-])CC1. The molecule has 1 saturated heterocycles. The number of carbonyl (C=O) groups excluding carboxylic acids is 1. The van der Waals surface area contributed by atoms with E-state index in [9.17, 15) is 14.9 Å². The average molecular weight is 262 g/mol. The molecule has 1 heterocycles. The van der Waals surface area contributed by atoms with E-state index in [0.29, 0.717) is 17.5 Å². The molecule has 0 spiro atoms. The van der Waals surface area contributed by atoms with Gasteiger partial charge in [-0.05, 0) is 30.9 Å². The second-order valence-electron chi connectivity index (χ2n) is 4.96. The van der Waals surface area contributed by atoms with Crippen molar-refractivity contribution >= 4 is 17.7 Å². The number of aldehydes is 1. The van der Waals surface area contributed by atoms with E-state index in [1.807, 2.05) is 0 Å². The zero-order chi connectivity index (χ0) is 13.8. The van der Waals surface area contributed by atoms with Gasteiger partial charge < -0.3 is 4.90 Å². The van der Waals surface area contributed by atoms with Crippen LogP contribution in [0.1, 0.15) is 36.5 Å². The lowest BCUT2D eigenvalue weighted by molar-refractivity contribution is -0.384. The number of hydrogen-bond donors (Lipinski definition) is 0. The summed E-state index contributed by atoms with van der Waals surface area (Å²) in [5.41, 5.74) is 1.00. The van der Waals surface area contributed by atoms with E-state index < -0.39 is 4.92 Å². The van der Waals surface area contributed by atoms with Gasteiger partial charge in [-0.2, -0.15) is 0 Å². The zero-order valence-electron chi connectivity index (χ0n) is 11.0. The summed E-state index contributed by atoms with van der Waals surface area (Å²) >= 11 is 0. The highest BCUT2D eigenvalue weighted by Gasteiger charge is 2.24. The van der Waals surface area contributed by atoms with Gasteiger partial charge in [-0.25, -0.2) is 0 Å². The molecule has 0 bridgehead atoms. The van der Waals surface area contributed by atoms with Crippen molar-refractivity contribution in [1.29, 1.82) is 0 Å². The van der Waals surface area contributed by atoms with Crippen LogP contribution in [0, 0.1) is 16.0 Å². The van der Waals surface area contributed by atoms with Gasteiger partial charge in [-0.15, -0.1) is 0 Å². The Kier molecular flexibility index (Phi) is 4.14. The maximum Gasteiger partial charge on any atom is 0.293 e. The third-order valence-electron chi connectivity index (χ3n) is 3.86. The molecule has 1 aliphatic rings. The molecule has 2 rings (SSSR count). The van der Waals surface area contributed by atoms with Crippen molar-refractivity contribution in [1.82, 2.24) is 0 Å². The minimum absolute atomic E-state index is 0.0274. The predicted molar refractivity (Wildman–Crippen MR) is 73.7 cm³/mol. The first-order valence-electron chi connectivity index (χ1n) is 6.64. The number of benzene rings is 1. The molecular weight excluding hydrogens is 244 g/mol. The van der Waals surface area contributed by atoms with Gasteiger partial charge in [0.1, 0.15) is 12.0 Å². The molecule has 0 unspecified atom stereocenters. The molecular formula is C14H18N2O3. The summed E-state index contributed by atoms with van der Waals surface area (Å²) in [6.45, 7) is 3.88. The molecule has 0 radical (unpaired) electrons. The number of nitrogens with zero attached hydrogens (tertiary/aromatic N) is 2. The van der Waals surface area contributed by atoms with E-state index >= 15 is 0 Å². The molecule has 1 aromatic rings. The van der Waals surface area contributed by atoms with Crippen molar-refractivity contribution in [3.05, 3.63) is 33.9 Å². The third-order valence-corrected chi connectivity index (χ3v) is 3.86. The number of hydrogen-bond acceptors (Lipinski definition) is 4. The largest absolute Gasteiger partial charge is 0.366 e. The van der Waals surface area contributed by atoms with Crippen molar-refractivity contribution in [2.75, 3.05) is 18.0 Å². The molecule has 0 amide bonds. The average Bonchev–Trinajstić information content (AvgIpc) is 2.46. The van der Waals surface area contributed by atoms with Gasteiger partial charge in [-0.3, -0.25) is 14.9 Å². The number of carbonyl (C=O) groups is 1. The first-order valence-corrected chi connectivity index (χ1v) is 6.64. The lowest BCUT2D eigenvalue weighted by Crippen LogP contribution is -2.33. The van der Waals surface area contributed by atoms with Gasteiger partial charge in [0.2, 0.25) is 0 Å². The van der Waals surface area contributed by atoms with Crippen LogP contribution in [-0.4, -0.2) is 24.3 Å². The van der Waals surface area contributed by atoms with Crippen molar-refractivity contribution in [3.8, 4) is 0 Å². The third kappa shape index (κ3) is 2.92. The fourth-order valence-electron chi connectivity index (χ4n) is 2.61. The van der Waals surface area contributed by atoms with E-state index in [0.717, 1.165) is 31.8 Å². The highest BCUT2D eigenvalue weighted by molar-refractivity contribution is 5.79. The number of rotatable bonds is 4. The topological polar surface area (TPSA) is 63.5 Å². The van der Waals surface area contributed by atoms with Gasteiger partial charge in [0.25, 0.3) is 5.69 Å². The van der Waals surface area contributed by atoms with Gasteiger partial charge in [0.15, 0.2) is 0 Å². The smallest absolute Gasteiger partial charge is 0.293 e. The highest BCUT2D eigenvalue weighted by atomic mass is 16.6. The lowest BCUT2D eigenvalue weighted by atomic mass is 9.94. The normalized spacial score (nSPS) is 16.4. The summed E-state index contributed by atoms with van der Waals surface area (Å²) in [7, 11) is 0. The Labute approximate surface area is 112 Å². The molecule has 0 aromatic heterocycles. The second-order valence-corrected chi connectivity index (χ2v) is 4.96. The molecule has 0 atom stereocenters. The first kappa shape index (κ1) is 13.5. The number of anilines is 1.